The third-order valence-electron chi connectivity index (χ3n) is 5.51. The van der Waals surface area contributed by atoms with E-state index in [0.29, 0.717) is 35.8 Å². The molecule has 3 atom stereocenters. The molecular weight excluding hydrogens is 475 g/mol. The van der Waals surface area contributed by atoms with Gasteiger partial charge in [0.05, 0.1) is 12.1 Å². The highest BCUT2D eigenvalue weighted by Gasteiger charge is 2.33. The summed E-state index contributed by atoms with van der Waals surface area (Å²) in [5, 5.41) is 10.6. The first-order valence-electron chi connectivity index (χ1n) is 9.66. The van der Waals surface area contributed by atoms with Crippen molar-refractivity contribution in [1.29, 1.82) is 0 Å². The van der Waals surface area contributed by atoms with Gasteiger partial charge in [-0.2, -0.15) is 0 Å². The van der Waals surface area contributed by atoms with Gasteiger partial charge in [0.1, 0.15) is 10.7 Å². The summed E-state index contributed by atoms with van der Waals surface area (Å²) in [4.78, 5) is 14.5. The van der Waals surface area contributed by atoms with Gasteiger partial charge in [-0.25, -0.2) is 17.5 Å². The van der Waals surface area contributed by atoms with Crippen LogP contribution in [0.2, 0.25) is 0 Å². The quantitative estimate of drug-likeness (QED) is 0.616. The average Bonchev–Trinajstić information content (AvgIpc) is 2.89. The van der Waals surface area contributed by atoms with E-state index in [0.717, 1.165) is 0 Å². The van der Waals surface area contributed by atoms with Crippen molar-refractivity contribution in [1.82, 2.24) is 4.72 Å². The number of benzene rings is 2. The van der Waals surface area contributed by atoms with Crippen molar-refractivity contribution >= 4 is 37.5 Å². The van der Waals surface area contributed by atoms with Crippen LogP contribution in [-0.2, 0) is 14.8 Å². The van der Waals surface area contributed by atoms with Gasteiger partial charge < -0.3 is 10.0 Å². The van der Waals surface area contributed by atoms with E-state index in [1.807, 2.05) is 4.90 Å². The van der Waals surface area contributed by atoms with E-state index in [-0.39, 0.29) is 16.8 Å². The van der Waals surface area contributed by atoms with Gasteiger partial charge in [0.2, 0.25) is 5.91 Å². The largest absolute Gasteiger partial charge is 0.391 e. The van der Waals surface area contributed by atoms with Gasteiger partial charge in [-0.15, -0.1) is 0 Å². The van der Waals surface area contributed by atoms with Crippen molar-refractivity contribution < 1.29 is 22.7 Å². The molecule has 0 aromatic heterocycles. The number of nitrogens with zero attached hydrogens (tertiary/aromatic N) is 1. The topological polar surface area (TPSA) is 86.7 Å². The molecule has 0 heterocycles. The number of aliphatic hydroxyl groups is 1. The van der Waals surface area contributed by atoms with E-state index in [9.17, 15) is 22.7 Å². The minimum Gasteiger partial charge on any atom is -0.391 e. The number of rotatable bonds is 5. The van der Waals surface area contributed by atoms with Gasteiger partial charge >= 0.3 is 0 Å². The summed E-state index contributed by atoms with van der Waals surface area (Å²) in [6.45, 7) is 0. The number of carbonyl (C=O) groups is 1. The van der Waals surface area contributed by atoms with Crippen LogP contribution in [0.1, 0.15) is 25.7 Å². The molecule has 9 heteroatoms. The molecule has 0 aliphatic heterocycles. The molecule has 2 N–H and O–H groups in total. The van der Waals surface area contributed by atoms with Crippen LogP contribution in [0.5, 0.6) is 0 Å². The number of likely N-dealkylation sites (N-methyl/N-ethyl adjacent to an activating group) is 1. The van der Waals surface area contributed by atoms with Crippen molar-refractivity contribution in [2.45, 2.75) is 42.7 Å². The highest BCUT2D eigenvalue weighted by molar-refractivity contribution is 9.10. The van der Waals surface area contributed by atoms with Gasteiger partial charge in [-0.05, 0) is 71.9 Å². The lowest BCUT2D eigenvalue weighted by molar-refractivity contribution is -0.123. The molecule has 0 bridgehead atoms. The molecule has 0 saturated heterocycles. The first-order valence-corrected chi connectivity index (χ1v) is 11.9. The van der Waals surface area contributed by atoms with E-state index in [4.69, 9.17) is 0 Å². The Balaban J connectivity index is 1.69. The number of nitrogens with one attached hydrogen (secondary N) is 1. The van der Waals surface area contributed by atoms with E-state index >= 15 is 0 Å². The van der Waals surface area contributed by atoms with Crippen molar-refractivity contribution in [3.05, 3.63) is 58.8 Å². The molecule has 6 nitrogen and oxygen atoms in total. The second-order valence-corrected chi connectivity index (χ2v) is 9.98. The van der Waals surface area contributed by atoms with Crippen molar-refractivity contribution in [3.8, 4) is 0 Å². The van der Waals surface area contributed by atoms with Crippen LogP contribution < -0.4 is 9.62 Å². The van der Waals surface area contributed by atoms with Gasteiger partial charge in [-0.3, -0.25) is 4.79 Å². The summed E-state index contributed by atoms with van der Waals surface area (Å²) in [5.41, 5.74) is 0.637. The molecule has 0 spiro atoms. The minimum absolute atomic E-state index is 0.00396. The smallest absolute Gasteiger partial charge is 0.265 e. The Bertz CT molecular complexity index is 1020. The SMILES string of the molecule is CN(c1cccc(F)c1)[C@H]1CC[C@@H](C(=O)NS(=O)(=O)c2ccccc2Br)CC[C@@H]1O. The van der Waals surface area contributed by atoms with Crippen LogP contribution in [0.3, 0.4) is 0 Å². The predicted octanol–water partition coefficient (Wildman–Crippen LogP) is 3.45. The molecule has 1 fully saturated rings. The van der Waals surface area contributed by atoms with Crippen LogP contribution in [-0.4, -0.2) is 38.6 Å². The fourth-order valence-corrected chi connectivity index (χ4v) is 5.86. The monoisotopic (exact) mass is 498 g/mol. The summed E-state index contributed by atoms with van der Waals surface area (Å²) in [5.74, 6) is -1.48. The summed E-state index contributed by atoms with van der Waals surface area (Å²) in [7, 11) is -2.23. The number of amides is 1. The Morgan fingerprint density at radius 1 is 1.13 bits per heavy atom. The van der Waals surface area contributed by atoms with Crippen LogP contribution in [0.25, 0.3) is 0 Å². The third-order valence-corrected chi connectivity index (χ3v) is 7.87. The third kappa shape index (κ3) is 5.19. The maximum Gasteiger partial charge on any atom is 0.265 e. The Morgan fingerprint density at radius 3 is 2.53 bits per heavy atom. The van der Waals surface area contributed by atoms with Crippen LogP contribution in [0.4, 0.5) is 10.1 Å². The predicted molar refractivity (Wildman–Crippen MR) is 116 cm³/mol. The molecule has 1 aliphatic rings. The van der Waals surface area contributed by atoms with E-state index in [1.54, 1.807) is 37.4 Å². The minimum atomic E-state index is -4.00. The fourth-order valence-electron chi connectivity index (χ4n) is 3.81. The number of aliphatic hydroxyl groups excluding tert-OH is 1. The second-order valence-electron chi connectivity index (χ2n) is 7.48. The molecule has 1 aliphatic carbocycles. The summed E-state index contributed by atoms with van der Waals surface area (Å²) in [6, 6.07) is 12.1. The Hall–Kier alpha value is -1.97. The lowest BCUT2D eigenvalue weighted by Crippen LogP contribution is -2.40. The lowest BCUT2D eigenvalue weighted by atomic mass is 9.99. The van der Waals surface area contributed by atoms with Crippen molar-refractivity contribution in [2.75, 3.05) is 11.9 Å². The van der Waals surface area contributed by atoms with E-state index in [1.165, 1.54) is 18.2 Å². The number of carbonyl (C=O) groups excluding carboxylic acids is 1. The van der Waals surface area contributed by atoms with Crippen LogP contribution in [0.15, 0.2) is 57.9 Å². The number of hydrogen-bond acceptors (Lipinski definition) is 5. The van der Waals surface area contributed by atoms with Crippen LogP contribution in [0, 0.1) is 11.7 Å². The zero-order valence-electron chi connectivity index (χ0n) is 16.5. The van der Waals surface area contributed by atoms with Crippen LogP contribution >= 0.6 is 15.9 Å². The summed E-state index contributed by atoms with van der Waals surface area (Å²) < 4.78 is 41.3. The molecule has 0 radical (unpaired) electrons. The van der Waals surface area contributed by atoms with E-state index < -0.39 is 28.0 Å². The molecule has 162 valence electrons. The van der Waals surface area contributed by atoms with E-state index in [2.05, 4.69) is 20.7 Å². The standard InChI is InChI=1S/C21H24BrFN2O4S/c1-25(16-6-4-5-15(23)13-16)18-11-9-14(10-12-19(18)26)21(27)24-30(28,29)20-8-3-2-7-17(20)22/h2-8,13-14,18-19,26H,9-12H2,1H3,(H,24,27)/t14-,18+,19+/m1/s1. The molecule has 1 amide bonds. The van der Waals surface area contributed by atoms with Gasteiger partial charge in [0.25, 0.3) is 10.0 Å². The first kappa shape index (κ1) is 22.7. The van der Waals surface area contributed by atoms with Gasteiger partial charge in [-0.1, -0.05) is 18.2 Å². The molecule has 2 aromatic rings. The zero-order valence-corrected chi connectivity index (χ0v) is 18.9. The zero-order chi connectivity index (χ0) is 21.9. The average molecular weight is 499 g/mol. The highest BCUT2D eigenvalue weighted by Crippen LogP contribution is 2.30. The Morgan fingerprint density at radius 2 is 1.83 bits per heavy atom. The number of anilines is 1. The van der Waals surface area contributed by atoms with Gasteiger partial charge in [0.15, 0.2) is 0 Å². The maximum atomic E-state index is 13.6. The lowest BCUT2D eigenvalue weighted by Gasteiger charge is -2.32. The van der Waals surface area contributed by atoms with Gasteiger partial charge in [0, 0.05) is 23.1 Å². The summed E-state index contributed by atoms with van der Waals surface area (Å²) >= 11 is 3.19. The molecule has 1 saturated carbocycles. The molecule has 3 rings (SSSR count). The van der Waals surface area contributed by atoms with Crippen molar-refractivity contribution in [2.24, 2.45) is 5.92 Å². The highest BCUT2D eigenvalue weighted by atomic mass is 79.9. The second kappa shape index (κ2) is 9.45. The normalized spacial score (nSPS) is 22.2. The number of sulfonamides is 1. The molecule has 30 heavy (non-hydrogen) atoms. The molecule has 0 unspecified atom stereocenters. The number of hydrogen-bond donors (Lipinski definition) is 2. The fraction of sp³-hybridized carbons (Fsp3) is 0.381. The molecular formula is C21H24BrFN2O4S. The Kier molecular flexibility index (Phi) is 7.15. The Labute approximate surface area is 184 Å². The first-order chi connectivity index (χ1) is 14.2. The van der Waals surface area contributed by atoms with Crippen molar-refractivity contribution in [3.63, 3.8) is 0 Å². The maximum absolute atomic E-state index is 13.6. The number of halogens is 2. The summed E-state index contributed by atoms with van der Waals surface area (Å²) in [6.07, 6.45) is 0.889. The molecule has 2 aromatic carbocycles.